The highest BCUT2D eigenvalue weighted by molar-refractivity contribution is 6.05. The first kappa shape index (κ1) is 17.5. The summed E-state index contributed by atoms with van der Waals surface area (Å²) in [5.74, 6) is 0.434. The third kappa shape index (κ3) is 3.13. The molecule has 3 rings (SSSR count). The number of hydrogen-bond acceptors (Lipinski definition) is 4. The van der Waals surface area contributed by atoms with Gasteiger partial charge in [-0.3, -0.25) is 9.59 Å². The Kier molecular flexibility index (Phi) is 4.31. The third-order valence-electron chi connectivity index (χ3n) is 5.14. The zero-order chi connectivity index (χ0) is 18.4. The van der Waals surface area contributed by atoms with Crippen molar-refractivity contribution in [1.29, 1.82) is 0 Å². The highest BCUT2D eigenvalue weighted by Crippen LogP contribution is 2.35. The Bertz CT molecular complexity index is 911. The molecule has 2 heterocycles. The van der Waals surface area contributed by atoms with E-state index < -0.39 is 0 Å². The van der Waals surface area contributed by atoms with Crippen LogP contribution < -0.4 is 10.3 Å². The topological polar surface area (TPSA) is 50.5 Å². The minimum absolute atomic E-state index is 0.103. The van der Waals surface area contributed by atoms with Crippen molar-refractivity contribution >= 4 is 28.7 Å². The van der Waals surface area contributed by atoms with Gasteiger partial charge in [0.2, 0.25) is 11.3 Å². The molecule has 1 aliphatic rings. The monoisotopic (exact) mass is 339 g/mol. The van der Waals surface area contributed by atoms with E-state index in [1.54, 1.807) is 18.2 Å². The lowest BCUT2D eigenvalue weighted by atomic mass is 9.82. The maximum Gasteiger partial charge on any atom is 0.207 e. The van der Waals surface area contributed by atoms with Gasteiger partial charge >= 0.3 is 0 Å². The minimum Gasteiger partial charge on any atom is -0.439 e. The maximum atomic E-state index is 13.0. The SMILES string of the molecule is C=Cc1c(N2CCC(C)(C)CC2)oc2c(C(C)=O)cc(C)cc2c1=O. The van der Waals surface area contributed by atoms with Crippen molar-refractivity contribution in [3.63, 3.8) is 0 Å². The zero-order valence-corrected chi connectivity index (χ0v) is 15.4. The van der Waals surface area contributed by atoms with Gasteiger partial charge in [0.25, 0.3) is 0 Å². The van der Waals surface area contributed by atoms with E-state index in [0.29, 0.717) is 33.4 Å². The molecule has 1 aliphatic heterocycles. The fourth-order valence-electron chi connectivity index (χ4n) is 3.44. The summed E-state index contributed by atoms with van der Waals surface area (Å²) in [6, 6.07) is 3.56. The summed E-state index contributed by atoms with van der Waals surface area (Å²) in [7, 11) is 0. The van der Waals surface area contributed by atoms with Crippen LogP contribution in [-0.2, 0) is 0 Å². The van der Waals surface area contributed by atoms with Gasteiger partial charge in [0.1, 0.15) is 0 Å². The standard InChI is InChI=1S/C21H25NO3/c1-6-15-18(24)17-12-13(2)11-16(14(3)23)19(17)25-20(15)22-9-7-21(4,5)8-10-22/h6,11-12H,1,7-10H2,2-5H3. The number of anilines is 1. The highest BCUT2D eigenvalue weighted by atomic mass is 16.4. The number of Topliss-reactive ketones (excluding diaryl/α,β-unsaturated/α-hetero) is 1. The molecule has 1 aromatic heterocycles. The van der Waals surface area contributed by atoms with Crippen molar-refractivity contribution in [3.8, 4) is 0 Å². The summed E-state index contributed by atoms with van der Waals surface area (Å²) < 4.78 is 6.15. The molecule has 1 saturated heterocycles. The lowest BCUT2D eigenvalue weighted by molar-refractivity contribution is 0.101. The fraction of sp³-hybridized carbons (Fsp3) is 0.429. The van der Waals surface area contributed by atoms with Gasteiger partial charge in [0.05, 0.1) is 16.5 Å². The molecular weight excluding hydrogens is 314 g/mol. The number of piperidine rings is 1. The van der Waals surface area contributed by atoms with Gasteiger partial charge in [-0.05, 0) is 49.8 Å². The van der Waals surface area contributed by atoms with Gasteiger partial charge < -0.3 is 9.32 Å². The molecule has 1 fully saturated rings. The van der Waals surface area contributed by atoms with E-state index in [0.717, 1.165) is 31.5 Å². The van der Waals surface area contributed by atoms with E-state index in [2.05, 4.69) is 25.3 Å². The molecule has 25 heavy (non-hydrogen) atoms. The Morgan fingerprint density at radius 3 is 2.48 bits per heavy atom. The summed E-state index contributed by atoms with van der Waals surface area (Å²) in [6.45, 7) is 13.3. The normalized spacial score (nSPS) is 16.9. The lowest BCUT2D eigenvalue weighted by Gasteiger charge is -2.37. The second kappa shape index (κ2) is 6.17. The number of fused-ring (bicyclic) bond motifs is 1. The van der Waals surface area contributed by atoms with E-state index >= 15 is 0 Å². The first-order valence-corrected chi connectivity index (χ1v) is 8.73. The number of rotatable bonds is 3. The third-order valence-corrected chi connectivity index (χ3v) is 5.14. The van der Waals surface area contributed by atoms with Crippen LogP contribution in [0.1, 0.15) is 55.1 Å². The first-order valence-electron chi connectivity index (χ1n) is 8.73. The van der Waals surface area contributed by atoms with Crippen LogP contribution in [0.4, 0.5) is 5.88 Å². The van der Waals surface area contributed by atoms with Crippen LogP contribution in [0.2, 0.25) is 0 Å². The summed E-state index contributed by atoms with van der Waals surface area (Å²) in [5, 5.41) is 0.446. The smallest absolute Gasteiger partial charge is 0.207 e. The molecule has 0 amide bonds. The Hall–Kier alpha value is -2.36. The quantitative estimate of drug-likeness (QED) is 0.769. The Balaban J connectivity index is 2.24. The molecule has 0 aliphatic carbocycles. The van der Waals surface area contributed by atoms with Crippen LogP contribution in [0.25, 0.3) is 17.0 Å². The number of hydrogen-bond donors (Lipinski definition) is 0. The molecule has 0 radical (unpaired) electrons. The van der Waals surface area contributed by atoms with E-state index in [1.807, 2.05) is 6.92 Å². The average molecular weight is 339 g/mol. The number of nitrogens with zero attached hydrogens (tertiary/aromatic N) is 1. The number of carbonyl (C=O) groups excluding carboxylic acids is 1. The summed E-state index contributed by atoms with van der Waals surface area (Å²) in [6.07, 6.45) is 3.62. The average Bonchev–Trinajstić information content (AvgIpc) is 2.54. The number of ketones is 1. The Morgan fingerprint density at radius 2 is 1.92 bits per heavy atom. The van der Waals surface area contributed by atoms with Crippen LogP contribution in [0, 0.1) is 12.3 Å². The van der Waals surface area contributed by atoms with Crippen molar-refractivity contribution in [2.24, 2.45) is 5.41 Å². The van der Waals surface area contributed by atoms with Crippen LogP contribution in [0.3, 0.4) is 0 Å². The van der Waals surface area contributed by atoms with Crippen molar-refractivity contribution in [2.75, 3.05) is 18.0 Å². The molecule has 1 aromatic carbocycles. The van der Waals surface area contributed by atoms with Gasteiger partial charge in [0.15, 0.2) is 11.4 Å². The predicted molar refractivity (Wildman–Crippen MR) is 103 cm³/mol. The predicted octanol–water partition coefficient (Wildman–Crippen LogP) is 4.57. The van der Waals surface area contributed by atoms with Crippen molar-refractivity contribution < 1.29 is 9.21 Å². The molecule has 0 saturated carbocycles. The minimum atomic E-state index is -0.123. The van der Waals surface area contributed by atoms with Gasteiger partial charge in [-0.1, -0.05) is 26.5 Å². The molecule has 0 unspecified atom stereocenters. The molecule has 132 valence electrons. The Morgan fingerprint density at radius 1 is 1.28 bits per heavy atom. The largest absolute Gasteiger partial charge is 0.439 e. The van der Waals surface area contributed by atoms with Crippen LogP contribution in [-0.4, -0.2) is 18.9 Å². The molecule has 4 heteroatoms. The van der Waals surface area contributed by atoms with Crippen molar-refractivity contribution in [1.82, 2.24) is 0 Å². The first-order chi connectivity index (χ1) is 11.7. The van der Waals surface area contributed by atoms with Crippen LogP contribution in [0.15, 0.2) is 27.9 Å². The van der Waals surface area contributed by atoms with Crippen LogP contribution in [0.5, 0.6) is 0 Å². The van der Waals surface area contributed by atoms with Gasteiger partial charge in [-0.25, -0.2) is 0 Å². The molecular formula is C21H25NO3. The molecule has 0 atom stereocenters. The van der Waals surface area contributed by atoms with Gasteiger partial charge in [-0.2, -0.15) is 0 Å². The molecule has 0 bridgehead atoms. The molecule has 2 aromatic rings. The van der Waals surface area contributed by atoms with Crippen LogP contribution >= 0.6 is 0 Å². The fourth-order valence-corrected chi connectivity index (χ4v) is 3.44. The highest BCUT2D eigenvalue weighted by Gasteiger charge is 2.29. The summed E-state index contributed by atoms with van der Waals surface area (Å²) >= 11 is 0. The van der Waals surface area contributed by atoms with Gasteiger partial charge in [0, 0.05) is 13.1 Å². The lowest BCUT2D eigenvalue weighted by Crippen LogP contribution is -2.38. The number of aryl methyl sites for hydroxylation is 1. The number of benzene rings is 1. The zero-order valence-electron chi connectivity index (χ0n) is 15.4. The van der Waals surface area contributed by atoms with E-state index in [4.69, 9.17) is 4.42 Å². The maximum absolute atomic E-state index is 13.0. The van der Waals surface area contributed by atoms with E-state index in [9.17, 15) is 9.59 Å². The Labute approximate surface area is 148 Å². The van der Waals surface area contributed by atoms with E-state index in [1.165, 1.54) is 6.92 Å². The summed E-state index contributed by atoms with van der Waals surface area (Å²) in [4.78, 5) is 27.2. The van der Waals surface area contributed by atoms with Crippen molar-refractivity contribution in [2.45, 2.75) is 40.5 Å². The molecule has 0 spiro atoms. The second-order valence-corrected chi connectivity index (χ2v) is 7.75. The summed E-state index contributed by atoms with van der Waals surface area (Å²) in [5.41, 5.74) is 2.36. The molecule has 0 N–H and O–H groups in total. The molecule has 4 nitrogen and oxygen atoms in total. The van der Waals surface area contributed by atoms with Gasteiger partial charge in [-0.15, -0.1) is 0 Å². The van der Waals surface area contributed by atoms with E-state index in [-0.39, 0.29) is 11.2 Å². The van der Waals surface area contributed by atoms with Crippen molar-refractivity contribution in [3.05, 3.63) is 45.6 Å². The number of carbonyl (C=O) groups is 1. The second-order valence-electron chi connectivity index (χ2n) is 7.75.